The number of ether oxygens (including phenoxy) is 2. The Labute approximate surface area is 160 Å². The lowest BCUT2D eigenvalue weighted by atomic mass is 10.1. The number of rotatable bonds is 6. The molecule has 142 valence electrons. The molecule has 0 N–H and O–H groups in total. The highest BCUT2D eigenvalue weighted by molar-refractivity contribution is 5.89. The largest absolute Gasteiger partial charge is 0.490 e. The van der Waals surface area contributed by atoms with Gasteiger partial charge in [0, 0.05) is 11.6 Å². The van der Waals surface area contributed by atoms with Gasteiger partial charge in [-0.2, -0.15) is 5.10 Å². The number of para-hydroxylation sites is 2. The summed E-state index contributed by atoms with van der Waals surface area (Å²) in [5.41, 5.74) is 1.44. The molecule has 0 amide bonds. The smallest absolute Gasteiger partial charge is 0.358 e. The lowest BCUT2D eigenvalue weighted by Gasteiger charge is -2.10. The zero-order chi connectivity index (χ0) is 19.7. The molecule has 1 aliphatic carbocycles. The predicted molar refractivity (Wildman–Crippen MR) is 101 cm³/mol. The summed E-state index contributed by atoms with van der Waals surface area (Å²) in [6.07, 6.45) is 2.30. The van der Waals surface area contributed by atoms with E-state index in [2.05, 4.69) is 5.10 Å². The van der Waals surface area contributed by atoms with Crippen molar-refractivity contribution in [2.24, 2.45) is 0 Å². The van der Waals surface area contributed by atoms with Crippen LogP contribution in [0.3, 0.4) is 0 Å². The topological polar surface area (TPSA) is 96.5 Å². The average molecular weight is 379 g/mol. The number of nitrogens with zero attached hydrogens (tertiary/aromatic N) is 3. The summed E-state index contributed by atoms with van der Waals surface area (Å²) < 4.78 is 12.0. The Morgan fingerprint density at radius 3 is 2.68 bits per heavy atom. The van der Waals surface area contributed by atoms with E-state index in [1.807, 2.05) is 24.3 Å². The van der Waals surface area contributed by atoms with Crippen LogP contribution in [0.25, 0.3) is 16.9 Å². The van der Waals surface area contributed by atoms with Crippen molar-refractivity contribution in [3.63, 3.8) is 0 Å². The van der Waals surface area contributed by atoms with E-state index in [4.69, 9.17) is 9.47 Å². The summed E-state index contributed by atoms with van der Waals surface area (Å²) in [5, 5.41) is 15.7. The molecule has 1 fully saturated rings. The fourth-order valence-corrected chi connectivity index (χ4v) is 2.88. The highest BCUT2D eigenvalue weighted by Crippen LogP contribution is 2.33. The van der Waals surface area contributed by atoms with Gasteiger partial charge in [0.2, 0.25) is 0 Å². The van der Waals surface area contributed by atoms with Crippen LogP contribution in [0.1, 0.15) is 23.3 Å². The van der Waals surface area contributed by atoms with Crippen LogP contribution in [0.2, 0.25) is 0 Å². The Bertz CT molecular complexity index is 1060. The molecular weight excluding hydrogens is 362 g/mol. The van der Waals surface area contributed by atoms with Crippen molar-refractivity contribution >= 4 is 11.7 Å². The first-order valence-corrected chi connectivity index (χ1v) is 8.76. The first-order chi connectivity index (χ1) is 13.6. The number of nitro benzene ring substituents is 1. The average Bonchev–Trinajstić information content (AvgIpc) is 3.41. The van der Waals surface area contributed by atoms with Crippen molar-refractivity contribution in [3.05, 3.63) is 70.4 Å². The van der Waals surface area contributed by atoms with E-state index in [1.54, 1.807) is 24.3 Å². The molecule has 0 radical (unpaired) electrons. The third-order valence-corrected chi connectivity index (χ3v) is 4.37. The molecule has 0 saturated heterocycles. The summed E-state index contributed by atoms with van der Waals surface area (Å²) in [7, 11) is 1.26. The van der Waals surface area contributed by atoms with Crippen LogP contribution >= 0.6 is 0 Å². The van der Waals surface area contributed by atoms with Crippen molar-refractivity contribution in [1.29, 1.82) is 0 Å². The van der Waals surface area contributed by atoms with E-state index in [0.29, 0.717) is 11.4 Å². The zero-order valence-corrected chi connectivity index (χ0v) is 15.1. The quantitative estimate of drug-likeness (QED) is 0.367. The summed E-state index contributed by atoms with van der Waals surface area (Å²) in [6.45, 7) is 0. The number of esters is 1. The molecule has 1 aliphatic rings. The van der Waals surface area contributed by atoms with E-state index in [0.717, 1.165) is 18.4 Å². The van der Waals surface area contributed by atoms with Crippen LogP contribution in [0.4, 0.5) is 5.69 Å². The molecule has 1 saturated carbocycles. The molecule has 8 heteroatoms. The molecule has 1 aromatic heterocycles. The van der Waals surface area contributed by atoms with Crippen LogP contribution in [0.15, 0.2) is 54.6 Å². The van der Waals surface area contributed by atoms with Crippen LogP contribution in [0, 0.1) is 10.1 Å². The SMILES string of the molecule is COC(=O)c1cc(-c2cccc(OC3CC3)c2)n(-c2ccccc2[N+](=O)[O-])n1. The van der Waals surface area contributed by atoms with Gasteiger partial charge in [-0.05, 0) is 37.1 Å². The molecule has 28 heavy (non-hydrogen) atoms. The summed E-state index contributed by atoms with van der Waals surface area (Å²) in [4.78, 5) is 23.0. The van der Waals surface area contributed by atoms with Crippen molar-refractivity contribution < 1.29 is 19.2 Å². The Kier molecular flexibility index (Phi) is 4.52. The third-order valence-electron chi connectivity index (χ3n) is 4.37. The highest BCUT2D eigenvalue weighted by atomic mass is 16.6. The number of aromatic nitrogens is 2. The summed E-state index contributed by atoms with van der Waals surface area (Å²) in [5.74, 6) is 0.0823. The molecule has 8 nitrogen and oxygen atoms in total. The number of carbonyl (C=O) groups excluding carboxylic acids is 1. The first-order valence-electron chi connectivity index (χ1n) is 8.76. The van der Waals surface area contributed by atoms with Gasteiger partial charge in [0.1, 0.15) is 11.4 Å². The fourth-order valence-electron chi connectivity index (χ4n) is 2.88. The lowest BCUT2D eigenvalue weighted by molar-refractivity contribution is -0.384. The molecule has 0 bridgehead atoms. The Morgan fingerprint density at radius 1 is 1.18 bits per heavy atom. The first kappa shape index (κ1) is 17.7. The Morgan fingerprint density at radius 2 is 1.96 bits per heavy atom. The zero-order valence-electron chi connectivity index (χ0n) is 15.1. The van der Waals surface area contributed by atoms with E-state index >= 15 is 0 Å². The van der Waals surface area contributed by atoms with Gasteiger partial charge in [0.15, 0.2) is 5.69 Å². The van der Waals surface area contributed by atoms with Gasteiger partial charge in [-0.15, -0.1) is 0 Å². The molecule has 3 aromatic rings. The van der Waals surface area contributed by atoms with Crippen molar-refractivity contribution in [2.45, 2.75) is 18.9 Å². The second kappa shape index (κ2) is 7.15. The van der Waals surface area contributed by atoms with Crippen molar-refractivity contribution in [2.75, 3.05) is 7.11 Å². The highest BCUT2D eigenvalue weighted by Gasteiger charge is 2.25. The maximum atomic E-state index is 12.0. The number of benzene rings is 2. The van der Waals surface area contributed by atoms with Gasteiger partial charge in [0.05, 0.1) is 23.8 Å². The number of nitro groups is 1. The van der Waals surface area contributed by atoms with E-state index < -0.39 is 10.9 Å². The molecule has 1 heterocycles. The molecule has 0 spiro atoms. The minimum Gasteiger partial charge on any atom is -0.490 e. The number of carbonyl (C=O) groups is 1. The third kappa shape index (κ3) is 3.44. The second-order valence-electron chi connectivity index (χ2n) is 6.41. The van der Waals surface area contributed by atoms with Crippen LogP contribution in [-0.4, -0.2) is 33.9 Å². The maximum Gasteiger partial charge on any atom is 0.358 e. The monoisotopic (exact) mass is 379 g/mol. The van der Waals surface area contributed by atoms with Crippen LogP contribution < -0.4 is 4.74 Å². The van der Waals surface area contributed by atoms with Gasteiger partial charge in [-0.25, -0.2) is 9.48 Å². The predicted octanol–water partition coefficient (Wildman–Crippen LogP) is 3.78. The normalized spacial score (nSPS) is 13.2. The van der Waals surface area contributed by atoms with E-state index in [9.17, 15) is 14.9 Å². The molecular formula is C20H17N3O5. The number of hydrogen-bond acceptors (Lipinski definition) is 6. The second-order valence-corrected chi connectivity index (χ2v) is 6.41. The van der Waals surface area contributed by atoms with Gasteiger partial charge in [-0.1, -0.05) is 24.3 Å². The van der Waals surface area contributed by atoms with Gasteiger partial charge in [-0.3, -0.25) is 10.1 Å². The van der Waals surface area contributed by atoms with Gasteiger partial charge in [0.25, 0.3) is 5.69 Å². The van der Waals surface area contributed by atoms with Crippen LogP contribution in [-0.2, 0) is 4.74 Å². The minimum absolute atomic E-state index is 0.0594. The Balaban J connectivity index is 1.86. The van der Waals surface area contributed by atoms with Gasteiger partial charge < -0.3 is 9.47 Å². The fraction of sp³-hybridized carbons (Fsp3) is 0.200. The standard InChI is InChI=1S/C20H17N3O5/c1-27-20(24)16-12-19(13-5-4-6-15(11-13)28-14-9-10-14)22(21-16)17-7-2-3-8-18(17)23(25)26/h2-8,11-12,14H,9-10H2,1H3. The summed E-state index contributed by atoms with van der Waals surface area (Å²) >= 11 is 0. The van der Waals surface area contributed by atoms with E-state index in [1.165, 1.54) is 17.9 Å². The molecule has 0 atom stereocenters. The van der Waals surface area contributed by atoms with Gasteiger partial charge >= 0.3 is 5.97 Å². The van der Waals surface area contributed by atoms with Crippen LogP contribution in [0.5, 0.6) is 5.75 Å². The molecule has 0 unspecified atom stereocenters. The van der Waals surface area contributed by atoms with Crippen molar-refractivity contribution in [3.8, 4) is 22.7 Å². The lowest BCUT2D eigenvalue weighted by Crippen LogP contribution is -2.06. The molecule has 4 rings (SSSR count). The van der Waals surface area contributed by atoms with Crippen molar-refractivity contribution in [1.82, 2.24) is 9.78 Å². The molecule has 0 aliphatic heterocycles. The molecule has 2 aromatic carbocycles. The number of methoxy groups -OCH3 is 1. The maximum absolute atomic E-state index is 12.0. The Hall–Kier alpha value is -3.68. The van der Waals surface area contributed by atoms with E-state index in [-0.39, 0.29) is 23.2 Å². The minimum atomic E-state index is -0.621. The number of hydrogen-bond donors (Lipinski definition) is 0. The summed E-state index contributed by atoms with van der Waals surface area (Å²) in [6, 6.07) is 15.2.